The molecule has 0 aromatic heterocycles. The van der Waals surface area contributed by atoms with Crippen molar-refractivity contribution in [2.24, 2.45) is 0 Å². The fourth-order valence-corrected chi connectivity index (χ4v) is 2.23. The summed E-state index contributed by atoms with van der Waals surface area (Å²) in [5.41, 5.74) is 1.48. The van der Waals surface area contributed by atoms with Crippen LogP contribution in [0.5, 0.6) is 0 Å². The van der Waals surface area contributed by atoms with Crippen LogP contribution >= 0.6 is 0 Å². The average Bonchev–Trinajstić information content (AvgIpc) is 2.51. The van der Waals surface area contributed by atoms with Gasteiger partial charge < -0.3 is 4.90 Å². The highest BCUT2D eigenvalue weighted by Crippen LogP contribution is 2.24. The van der Waals surface area contributed by atoms with Gasteiger partial charge in [0.25, 0.3) is 0 Å². The Bertz CT molecular complexity index is 242. The van der Waals surface area contributed by atoms with E-state index in [-0.39, 0.29) is 0 Å². The van der Waals surface area contributed by atoms with Crippen molar-refractivity contribution in [1.82, 2.24) is 9.80 Å². The molecular formula is C11H18N2. The molecule has 2 heterocycles. The Labute approximate surface area is 80.5 Å². The zero-order valence-electron chi connectivity index (χ0n) is 8.53. The average molecular weight is 178 g/mol. The molecule has 2 aliphatic heterocycles. The number of hydrogen-bond donors (Lipinski definition) is 0. The second-order valence-corrected chi connectivity index (χ2v) is 4.11. The fourth-order valence-electron chi connectivity index (χ4n) is 2.23. The first kappa shape index (κ1) is 8.82. The molecule has 0 amide bonds. The smallest absolute Gasteiger partial charge is 0.0359 e. The molecule has 0 radical (unpaired) electrons. The maximum Gasteiger partial charge on any atom is 0.0359 e. The maximum atomic E-state index is 2.45. The summed E-state index contributed by atoms with van der Waals surface area (Å²) >= 11 is 0. The Hall–Kier alpha value is -0.760. The van der Waals surface area contributed by atoms with E-state index < -0.39 is 0 Å². The van der Waals surface area contributed by atoms with Crippen molar-refractivity contribution in [2.75, 3.05) is 27.2 Å². The van der Waals surface area contributed by atoms with Crippen molar-refractivity contribution in [3.8, 4) is 0 Å². The van der Waals surface area contributed by atoms with Gasteiger partial charge >= 0.3 is 0 Å². The van der Waals surface area contributed by atoms with E-state index in [1.165, 1.54) is 25.0 Å². The normalized spacial score (nSPS) is 29.5. The van der Waals surface area contributed by atoms with Gasteiger partial charge in [0, 0.05) is 25.8 Å². The summed E-state index contributed by atoms with van der Waals surface area (Å²) in [6.45, 7) is 2.31. The van der Waals surface area contributed by atoms with Gasteiger partial charge in [0.1, 0.15) is 0 Å². The molecule has 0 aliphatic carbocycles. The summed E-state index contributed by atoms with van der Waals surface area (Å²) in [5, 5.41) is 0. The first-order valence-corrected chi connectivity index (χ1v) is 5.06. The highest BCUT2D eigenvalue weighted by molar-refractivity contribution is 5.28. The molecule has 2 aliphatic rings. The molecule has 0 N–H and O–H groups in total. The Morgan fingerprint density at radius 1 is 1.38 bits per heavy atom. The molecule has 1 fully saturated rings. The molecule has 2 heteroatoms. The molecule has 0 unspecified atom stereocenters. The van der Waals surface area contributed by atoms with Gasteiger partial charge in [0.2, 0.25) is 0 Å². The first-order chi connectivity index (χ1) is 6.27. The third-order valence-corrected chi connectivity index (χ3v) is 2.98. The lowest BCUT2D eigenvalue weighted by Gasteiger charge is -2.25. The summed E-state index contributed by atoms with van der Waals surface area (Å²) in [5.74, 6) is 0. The third kappa shape index (κ3) is 1.78. The fraction of sp³-hybridized carbons (Fsp3) is 0.636. The molecule has 0 spiro atoms. The van der Waals surface area contributed by atoms with Gasteiger partial charge in [-0.3, -0.25) is 4.90 Å². The van der Waals surface area contributed by atoms with Crippen LogP contribution in [0, 0.1) is 0 Å². The van der Waals surface area contributed by atoms with Crippen molar-refractivity contribution in [3.05, 3.63) is 23.9 Å². The lowest BCUT2D eigenvalue weighted by Crippen LogP contribution is -2.28. The number of nitrogens with zero attached hydrogens (tertiary/aromatic N) is 2. The zero-order chi connectivity index (χ0) is 9.26. The topological polar surface area (TPSA) is 6.48 Å². The summed E-state index contributed by atoms with van der Waals surface area (Å²) in [7, 11) is 4.36. The highest BCUT2D eigenvalue weighted by atomic mass is 15.2. The van der Waals surface area contributed by atoms with Crippen LogP contribution in [0.15, 0.2) is 23.9 Å². The number of likely N-dealkylation sites (N-methyl/N-ethyl adjacent to an activating group) is 2. The van der Waals surface area contributed by atoms with Gasteiger partial charge in [-0.25, -0.2) is 0 Å². The van der Waals surface area contributed by atoms with Crippen molar-refractivity contribution in [2.45, 2.75) is 18.9 Å². The second-order valence-electron chi connectivity index (χ2n) is 4.11. The quantitative estimate of drug-likeness (QED) is 0.600. The number of likely N-dealkylation sites (tertiary alicyclic amines) is 1. The van der Waals surface area contributed by atoms with Crippen LogP contribution in [0.3, 0.4) is 0 Å². The first-order valence-electron chi connectivity index (χ1n) is 5.06. The Morgan fingerprint density at radius 2 is 2.23 bits per heavy atom. The molecule has 2 rings (SSSR count). The second kappa shape index (κ2) is 3.54. The predicted octanol–water partition coefficient (Wildman–Crippen LogP) is 1.47. The summed E-state index contributed by atoms with van der Waals surface area (Å²) < 4.78 is 0. The molecule has 0 aromatic rings. The van der Waals surface area contributed by atoms with E-state index in [2.05, 4.69) is 42.2 Å². The molecule has 13 heavy (non-hydrogen) atoms. The van der Waals surface area contributed by atoms with Crippen LogP contribution in [-0.4, -0.2) is 43.0 Å². The van der Waals surface area contributed by atoms with E-state index in [4.69, 9.17) is 0 Å². The van der Waals surface area contributed by atoms with Gasteiger partial charge in [-0.1, -0.05) is 12.2 Å². The van der Waals surface area contributed by atoms with Crippen molar-refractivity contribution < 1.29 is 0 Å². The largest absolute Gasteiger partial charge is 0.376 e. The molecule has 1 saturated heterocycles. The Kier molecular flexibility index (Phi) is 2.40. The molecular weight excluding hydrogens is 160 g/mol. The van der Waals surface area contributed by atoms with Crippen LogP contribution in [0.25, 0.3) is 0 Å². The van der Waals surface area contributed by atoms with Crippen LogP contribution in [0.1, 0.15) is 12.8 Å². The van der Waals surface area contributed by atoms with Crippen molar-refractivity contribution in [3.63, 3.8) is 0 Å². The molecule has 0 saturated carbocycles. The summed E-state index contributed by atoms with van der Waals surface area (Å²) in [4.78, 5) is 4.71. The van der Waals surface area contributed by atoms with Crippen LogP contribution in [-0.2, 0) is 0 Å². The molecule has 0 aromatic carbocycles. The van der Waals surface area contributed by atoms with E-state index in [0.717, 1.165) is 6.54 Å². The van der Waals surface area contributed by atoms with Crippen molar-refractivity contribution in [1.29, 1.82) is 0 Å². The van der Waals surface area contributed by atoms with Gasteiger partial charge in [-0.15, -0.1) is 0 Å². The Balaban J connectivity index is 2.11. The minimum Gasteiger partial charge on any atom is -0.376 e. The van der Waals surface area contributed by atoms with E-state index >= 15 is 0 Å². The molecule has 1 atom stereocenters. The lowest BCUT2D eigenvalue weighted by atomic mass is 10.0. The monoisotopic (exact) mass is 178 g/mol. The van der Waals surface area contributed by atoms with Gasteiger partial charge in [0.05, 0.1) is 0 Å². The number of rotatable bonds is 1. The standard InChI is InChI=1S/C11H18N2/c1-12-7-3-5-10(9-12)11-6-4-8-13(11)2/h3,5,9,11H,4,6-8H2,1-2H3/t11-/m1/s1. The van der Waals surface area contributed by atoms with Crippen LogP contribution in [0.4, 0.5) is 0 Å². The summed E-state index contributed by atoms with van der Waals surface area (Å²) in [6, 6.07) is 0.666. The zero-order valence-corrected chi connectivity index (χ0v) is 8.53. The van der Waals surface area contributed by atoms with E-state index in [1.54, 1.807) is 0 Å². The SMILES string of the molecule is CN1C=C([C@H]2CCCN2C)C=CC1. The summed E-state index contributed by atoms with van der Waals surface area (Å²) in [6.07, 6.45) is 9.48. The molecule has 2 nitrogen and oxygen atoms in total. The van der Waals surface area contributed by atoms with Gasteiger partial charge in [-0.2, -0.15) is 0 Å². The lowest BCUT2D eigenvalue weighted by molar-refractivity contribution is 0.342. The van der Waals surface area contributed by atoms with Crippen LogP contribution in [0.2, 0.25) is 0 Å². The molecule has 72 valence electrons. The van der Waals surface area contributed by atoms with Crippen LogP contribution < -0.4 is 0 Å². The van der Waals surface area contributed by atoms with Gasteiger partial charge in [0.15, 0.2) is 0 Å². The van der Waals surface area contributed by atoms with E-state index in [9.17, 15) is 0 Å². The van der Waals surface area contributed by atoms with Crippen molar-refractivity contribution >= 4 is 0 Å². The maximum absolute atomic E-state index is 2.45. The minimum absolute atomic E-state index is 0.666. The molecule has 0 bridgehead atoms. The highest BCUT2D eigenvalue weighted by Gasteiger charge is 2.24. The predicted molar refractivity (Wildman–Crippen MR) is 55.5 cm³/mol. The van der Waals surface area contributed by atoms with Gasteiger partial charge in [-0.05, 0) is 32.0 Å². The minimum atomic E-state index is 0.666. The Morgan fingerprint density at radius 3 is 2.85 bits per heavy atom. The third-order valence-electron chi connectivity index (χ3n) is 2.98. The van der Waals surface area contributed by atoms with E-state index in [0.29, 0.717) is 6.04 Å². The van der Waals surface area contributed by atoms with E-state index in [1.807, 2.05) is 0 Å². The number of hydrogen-bond acceptors (Lipinski definition) is 2.